The van der Waals surface area contributed by atoms with Gasteiger partial charge in [-0.15, -0.1) is 0 Å². The van der Waals surface area contributed by atoms with Crippen molar-refractivity contribution in [2.45, 2.75) is 30.8 Å². The van der Waals surface area contributed by atoms with E-state index in [1.165, 1.54) is 7.11 Å². The van der Waals surface area contributed by atoms with E-state index in [1.807, 2.05) is 60.7 Å². The monoisotopic (exact) mass is 526 g/mol. The quantitative estimate of drug-likeness (QED) is 0.271. The number of ether oxygens (including phenoxy) is 3. The van der Waals surface area contributed by atoms with E-state index >= 15 is 0 Å². The minimum Gasteiger partial charge on any atom is -0.497 e. The largest absolute Gasteiger partial charge is 0.497 e. The molecular weight excluding hydrogens is 496 g/mol. The summed E-state index contributed by atoms with van der Waals surface area (Å²) in [5, 5.41) is 16.1. The second-order valence-electron chi connectivity index (χ2n) is 9.40. The summed E-state index contributed by atoms with van der Waals surface area (Å²) in [6, 6.07) is 23.7. The summed E-state index contributed by atoms with van der Waals surface area (Å²) >= 11 is 0. The summed E-state index contributed by atoms with van der Waals surface area (Å²) in [5.41, 5.74) is 2.17. The zero-order valence-electron chi connectivity index (χ0n) is 21.7. The summed E-state index contributed by atoms with van der Waals surface area (Å²) in [4.78, 5) is 26.9. The number of benzene rings is 3. The molecule has 2 bridgehead atoms. The lowest BCUT2D eigenvalue weighted by molar-refractivity contribution is -0.138. The van der Waals surface area contributed by atoms with Gasteiger partial charge in [0.05, 0.1) is 38.0 Å². The van der Waals surface area contributed by atoms with Gasteiger partial charge >= 0.3 is 5.97 Å². The Bertz CT molecular complexity index is 1420. The predicted octanol–water partition coefficient (Wildman–Crippen LogP) is 4.03. The molecule has 1 amide bonds. The van der Waals surface area contributed by atoms with Crippen molar-refractivity contribution in [3.8, 4) is 5.75 Å². The van der Waals surface area contributed by atoms with Crippen LogP contribution in [0.15, 0.2) is 102 Å². The summed E-state index contributed by atoms with van der Waals surface area (Å²) in [7, 11) is 2.86. The maximum Gasteiger partial charge on any atom is 0.337 e. The average molecular weight is 527 g/mol. The molecule has 3 aromatic rings. The minimum atomic E-state index is -1.27. The molecule has 3 atom stereocenters. The molecule has 3 unspecified atom stereocenters. The first-order valence-electron chi connectivity index (χ1n) is 12.6. The van der Waals surface area contributed by atoms with E-state index in [0.29, 0.717) is 17.9 Å². The lowest BCUT2D eigenvalue weighted by atomic mass is 9.78. The van der Waals surface area contributed by atoms with E-state index in [-0.39, 0.29) is 17.8 Å². The van der Waals surface area contributed by atoms with Gasteiger partial charge in [0, 0.05) is 11.4 Å². The Balaban J connectivity index is 1.55. The van der Waals surface area contributed by atoms with Crippen LogP contribution in [0.1, 0.15) is 11.1 Å². The van der Waals surface area contributed by atoms with Gasteiger partial charge in [-0.2, -0.15) is 0 Å². The van der Waals surface area contributed by atoms with Crippen LogP contribution < -0.4 is 15.4 Å². The Labute approximate surface area is 226 Å². The highest BCUT2D eigenvalue weighted by atomic mass is 16.5. The lowest BCUT2D eigenvalue weighted by Crippen LogP contribution is -2.49. The number of aliphatic hydroxyl groups is 1. The van der Waals surface area contributed by atoms with Crippen LogP contribution in [-0.4, -0.2) is 48.9 Å². The molecule has 0 radical (unpaired) electrons. The van der Waals surface area contributed by atoms with Crippen LogP contribution in [-0.2, 0) is 32.1 Å². The number of rotatable bonds is 10. The number of nitrogens with one attached hydrogen (secondary N) is 2. The highest BCUT2D eigenvalue weighted by Gasteiger charge is 2.58. The molecule has 3 N–H and O–H groups in total. The van der Waals surface area contributed by atoms with Crippen molar-refractivity contribution in [2.75, 3.05) is 24.9 Å². The Hall–Kier alpha value is -4.40. The molecule has 39 heavy (non-hydrogen) atoms. The first-order valence-corrected chi connectivity index (χ1v) is 12.6. The molecule has 2 heterocycles. The standard InChI is InChI=1S/C31H30N2O6/c1-37-24-13-11-22(12-14-24)33-29(35)27-25-15-16-31(39-25,28(27)30(36)38-2)26(18-20-7-4-3-5-8-20)32-23-10-6-9-21(17-23)19-34/h3-17,25-26,32,34H,18-19H2,1-2H3,(H,33,35). The van der Waals surface area contributed by atoms with Crippen molar-refractivity contribution in [1.29, 1.82) is 0 Å². The van der Waals surface area contributed by atoms with E-state index in [2.05, 4.69) is 10.6 Å². The van der Waals surface area contributed by atoms with E-state index < -0.39 is 29.6 Å². The second kappa shape index (κ2) is 11.1. The number of aliphatic hydroxyl groups excluding tert-OH is 1. The number of esters is 1. The van der Waals surface area contributed by atoms with Crippen molar-refractivity contribution in [3.05, 3.63) is 113 Å². The van der Waals surface area contributed by atoms with Crippen LogP contribution in [0.25, 0.3) is 0 Å². The minimum absolute atomic E-state index is 0.106. The molecule has 0 fully saturated rings. The van der Waals surface area contributed by atoms with Gasteiger partial charge in [0.1, 0.15) is 17.5 Å². The Morgan fingerprint density at radius 3 is 2.41 bits per heavy atom. The zero-order valence-corrected chi connectivity index (χ0v) is 21.7. The van der Waals surface area contributed by atoms with Crippen molar-refractivity contribution < 1.29 is 28.9 Å². The van der Waals surface area contributed by atoms with Crippen LogP contribution in [0.2, 0.25) is 0 Å². The van der Waals surface area contributed by atoms with Gasteiger partial charge < -0.3 is 30.0 Å². The Morgan fingerprint density at radius 2 is 1.72 bits per heavy atom. The van der Waals surface area contributed by atoms with Gasteiger partial charge in [-0.3, -0.25) is 4.79 Å². The molecule has 200 valence electrons. The van der Waals surface area contributed by atoms with Gasteiger partial charge in [0.15, 0.2) is 0 Å². The highest BCUT2D eigenvalue weighted by molar-refractivity contribution is 6.12. The maximum absolute atomic E-state index is 13.6. The zero-order chi connectivity index (χ0) is 27.4. The van der Waals surface area contributed by atoms with Gasteiger partial charge in [-0.05, 0) is 60.0 Å². The summed E-state index contributed by atoms with van der Waals surface area (Å²) in [6.45, 7) is -0.106. The lowest BCUT2D eigenvalue weighted by Gasteiger charge is -2.36. The van der Waals surface area contributed by atoms with E-state index in [4.69, 9.17) is 14.2 Å². The second-order valence-corrected chi connectivity index (χ2v) is 9.40. The van der Waals surface area contributed by atoms with Crippen LogP contribution in [0.5, 0.6) is 5.75 Å². The molecule has 2 aliphatic heterocycles. The highest BCUT2D eigenvalue weighted by Crippen LogP contribution is 2.47. The first-order chi connectivity index (χ1) is 19.0. The SMILES string of the molecule is COC(=O)C1=C(C(=O)Nc2ccc(OC)cc2)C2C=CC1(C(Cc1ccccc1)Nc1cccc(CO)c1)O2. The number of fused-ring (bicyclic) bond motifs is 2. The summed E-state index contributed by atoms with van der Waals surface area (Å²) in [6.07, 6.45) is 3.40. The number of carbonyl (C=O) groups excluding carboxylic acids is 2. The van der Waals surface area contributed by atoms with E-state index in [9.17, 15) is 14.7 Å². The predicted molar refractivity (Wildman–Crippen MR) is 147 cm³/mol. The van der Waals surface area contributed by atoms with Crippen molar-refractivity contribution in [1.82, 2.24) is 0 Å². The molecule has 0 aliphatic carbocycles. The molecule has 2 aliphatic rings. The molecule has 3 aromatic carbocycles. The number of amides is 1. The topological polar surface area (TPSA) is 106 Å². The third-order valence-electron chi connectivity index (χ3n) is 7.02. The number of hydrogen-bond donors (Lipinski definition) is 3. The molecule has 0 saturated heterocycles. The molecule has 0 aromatic heterocycles. The van der Waals surface area contributed by atoms with Gasteiger partial charge in [-0.25, -0.2) is 4.79 Å². The molecular formula is C31H30N2O6. The Kier molecular flexibility index (Phi) is 7.49. The van der Waals surface area contributed by atoms with Crippen LogP contribution >= 0.6 is 0 Å². The number of methoxy groups -OCH3 is 2. The molecule has 8 heteroatoms. The van der Waals surface area contributed by atoms with E-state index in [0.717, 1.165) is 16.8 Å². The average Bonchev–Trinajstić information content (AvgIpc) is 3.56. The first kappa shape index (κ1) is 26.2. The fraction of sp³-hybridized carbons (Fsp3) is 0.226. The van der Waals surface area contributed by atoms with Gasteiger partial charge in [0.2, 0.25) is 0 Å². The van der Waals surface area contributed by atoms with E-state index in [1.54, 1.807) is 37.5 Å². The third kappa shape index (κ3) is 5.16. The number of hydrogen-bond acceptors (Lipinski definition) is 7. The Morgan fingerprint density at radius 1 is 0.974 bits per heavy atom. The van der Waals surface area contributed by atoms with Crippen LogP contribution in [0.4, 0.5) is 11.4 Å². The fourth-order valence-corrected chi connectivity index (χ4v) is 5.15. The van der Waals surface area contributed by atoms with Crippen molar-refractivity contribution in [3.63, 3.8) is 0 Å². The summed E-state index contributed by atoms with van der Waals surface area (Å²) in [5.74, 6) is -0.420. The van der Waals surface area contributed by atoms with Gasteiger partial charge in [0.25, 0.3) is 5.91 Å². The summed E-state index contributed by atoms with van der Waals surface area (Å²) < 4.78 is 16.9. The number of carbonyl (C=O) groups is 2. The third-order valence-corrected chi connectivity index (χ3v) is 7.02. The normalized spacial score (nSPS) is 20.0. The van der Waals surface area contributed by atoms with Crippen molar-refractivity contribution >= 4 is 23.3 Å². The molecule has 0 spiro atoms. The van der Waals surface area contributed by atoms with Crippen LogP contribution in [0, 0.1) is 0 Å². The van der Waals surface area contributed by atoms with Gasteiger partial charge in [-0.1, -0.05) is 48.5 Å². The molecule has 0 saturated carbocycles. The van der Waals surface area contributed by atoms with Crippen molar-refractivity contribution in [2.24, 2.45) is 0 Å². The smallest absolute Gasteiger partial charge is 0.337 e. The molecule has 8 nitrogen and oxygen atoms in total. The van der Waals surface area contributed by atoms with Crippen LogP contribution in [0.3, 0.4) is 0 Å². The fourth-order valence-electron chi connectivity index (χ4n) is 5.15. The molecule has 5 rings (SSSR count). The number of anilines is 2. The maximum atomic E-state index is 13.6.